The Morgan fingerprint density at radius 2 is 2.22 bits per heavy atom. The zero-order valence-electron chi connectivity index (χ0n) is 13.3. The molecule has 0 N–H and O–H groups in total. The molecule has 0 unspecified atom stereocenters. The third-order valence-electron chi connectivity index (χ3n) is 4.96. The van der Waals surface area contributed by atoms with E-state index in [0.29, 0.717) is 38.0 Å². The number of likely N-dealkylation sites (tertiary alicyclic amines) is 1. The fraction of sp³-hybridized carbons (Fsp3) is 0.500. The summed E-state index contributed by atoms with van der Waals surface area (Å²) in [5.41, 5.74) is 0.536. The normalized spacial score (nSPS) is 22.7. The molecule has 3 heterocycles. The minimum absolute atomic E-state index is 0.0579. The van der Waals surface area contributed by atoms with Gasteiger partial charge < -0.3 is 18.8 Å². The van der Waals surface area contributed by atoms with Crippen LogP contribution >= 0.6 is 0 Å². The standard InChI is InChI=1S/C18H21NO4/c1-2-21-10-14-7-8-22-18(14)11-19(12-18)17(20)16-9-13-5-3-4-6-15(13)23-16/h3-6,9,14H,2,7-8,10-12H2,1H3/t14-/m1/s1. The first-order chi connectivity index (χ1) is 11.2. The van der Waals surface area contributed by atoms with E-state index in [4.69, 9.17) is 13.9 Å². The number of fused-ring (bicyclic) bond motifs is 1. The monoisotopic (exact) mass is 315 g/mol. The first-order valence-corrected chi connectivity index (χ1v) is 8.21. The molecule has 122 valence electrons. The fourth-order valence-electron chi connectivity index (χ4n) is 3.62. The van der Waals surface area contributed by atoms with Gasteiger partial charge in [0.05, 0.1) is 19.7 Å². The maximum Gasteiger partial charge on any atom is 0.289 e. The molecule has 1 aromatic heterocycles. The van der Waals surface area contributed by atoms with Crippen LogP contribution in [0.1, 0.15) is 23.9 Å². The van der Waals surface area contributed by atoms with Crippen molar-refractivity contribution in [3.05, 3.63) is 36.1 Å². The summed E-state index contributed by atoms with van der Waals surface area (Å²) in [4.78, 5) is 14.4. The van der Waals surface area contributed by atoms with Gasteiger partial charge >= 0.3 is 0 Å². The Balaban J connectivity index is 1.45. The highest BCUT2D eigenvalue weighted by Gasteiger charge is 2.54. The van der Waals surface area contributed by atoms with Crippen LogP contribution in [0.3, 0.4) is 0 Å². The van der Waals surface area contributed by atoms with Gasteiger partial charge in [-0.25, -0.2) is 0 Å². The van der Waals surface area contributed by atoms with Crippen LogP contribution in [0.15, 0.2) is 34.7 Å². The van der Waals surface area contributed by atoms with Crippen LogP contribution in [-0.2, 0) is 9.47 Å². The molecule has 1 aromatic carbocycles. The van der Waals surface area contributed by atoms with Crippen molar-refractivity contribution >= 4 is 16.9 Å². The number of carbonyl (C=O) groups excluding carboxylic acids is 1. The summed E-state index contributed by atoms with van der Waals surface area (Å²) in [6, 6.07) is 9.49. The molecule has 2 saturated heterocycles. The predicted molar refractivity (Wildman–Crippen MR) is 85.4 cm³/mol. The van der Waals surface area contributed by atoms with E-state index >= 15 is 0 Å². The van der Waals surface area contributed by atoms with E-state index < -0.39 is 0 Å². The van der Waals surface area contributed by atoms with Crippen LogP contribution in [0.5, 0.6) is 0 Å². The quantitative estimate of drug-likeness (QED) is 0.870. The molecular weight excluding hydrogens is 294 g/mol. The van der Waals surface area contributed by atoms with Crippen LogP contribution < -0.4 is 0 Å². The van der Waals surface area contributed by atoms with Gasteiger partial charge in [-0.15, -0.1) is 0 Å². The predicted octanol–water partition coefficient (Wildman–Crippen LogP) is 2.70. The van der Waals surface area contributed by atoms with Crippen molar-refractivity contribution in [2.75, 3.05) is 32.9 Å². The lowest BCUT2D eigenvalue weighted by atomic mass is 9.81. The highest BCUT2D eigenvalue weighted by atomic mass is 16.5. The van der Waals surface area contributed by atoms with Gasteiger partial charge in [-0.1, -0.05) is 18.2 Å². The van der Waals surface area contributed by atoms with Crippen LogP contribution in [0, 0.1) is 5.92 Å². The second-order valence-corrected chi connectivity index (χ2v) is 6.37. The molecule has 2 aliphatic rings. The molecular formula is C18H21NO4. The lowest BCUT2D eigenvalue weighted by Crippen LogP contribution is -2.66. The van der Waals surface area contributed by atoms with Crippen LogP contribution in [-0.4, -0.2) is 49.3 Å². The first-order valence-electron chi connectivity index (χ1n) is 8.21. The summed E-state index contributed by atoms with van der Waals surface area (Å²) in [5, 5.41) is 0.956. The van der Waals surface area contributed by atoms with Gasteiger partial charge in [0.1, 0.15) is 11.2 Å². The maximum atomic E-state index is 12.6. The van der Waals surface area contributed by atoms with Crippen molar-refractivity contribution in [3.8, 4) is 0 Å². The molecule has 5 nitrogen and oxygen atoms in total. The highest BCUT2D eigenvalue weighted by Crippen LogP contribution is 2.40. The van der Waals surface area contributed by atoms with Crippen molar-refractivity contribution in [1.29, 1.82) is 0 Å². The lowest BCUT2D eigenvalue weighted by Gasteiger charge is -2.49. The topological polar surface area (TPSA) is 51.9 Å². The molecule has 2 aromatic rings. The zero-order valence-corrected chi connectivity index (χ0v) is 13.3. The summed E-state index contributed by atoms with van der Waals surface area (Å²) in [5.74, 6) is 0.722. The van der Waals surface area contributed by atoms with Gasteiger partial charge in [0, 0.05) is 24.5 Å². The van der Waals surface area contributed by atoms with Gasteiger partial charge in [0.2, 0.25) is 0 Å². The average molecular weight is 315 g/mol. The minimum atomic E-state index is -0.211. The number of carbonyl (C=O) groups is 1. The molecule has 0 radical (unpaired) electrons. The molecule has 23 heavy (non-hydrogen) atoms. The van der Waals surface area contributed by atoms with Crippen molar-refractivity contribution in [3.63, 3.8) is 0 Å². The van der Waals surface area contributed by atoms with E-state index in [1.165, 1.54) is 0 Å². The van der Waals surface area contributed by atoms with E-state index in [2.05, 4.69) is 0 Å². The van der Waals surface area contributed by atoms with E-state index in [9.17, 15) is 4.79 Å². The molecule has 1 spiro atoms. The van der Waals surface area contributed by atoms with Gasteiger partial charge in [-0.05, 0) is 25.5 Å². The smallest absolute Gasteiger partial charge is 0.289 e. The number of benzene rings is 1. The number of rotatable bonds is 4. The van der Waals surface area contributed by atoms with Crippen molar-refractivity contribution < 1.29 is 18.7 Å². The number of hydrogen-bond donors (Lipinski definition) is 0. The molecule has 2 fully saturated rings. The molecule has 0 bridgehead atoms. The van der Waals surface area contributed by atoms with Crippen LogP contribution in [0.25, 0.3) is 11.0 Å². The van der Waals surface area contributed by atoms with Crippen molar-refractivity contribution in [1.82, 2.24) is 4.90 Å². The number of nitrogens with zero attached hydrogens (tertiary/aromatic N) is 1. The van der Waals surface area contributed by atoms with Crippen LogP contribution in [0.4, 0.5) is 0 Å². The highest BCUT2D eigenvalue weighted by molar-refractivity contribution is 5.96. The van der Waals surface area contributed by atoms with Gasteiger partial charge in [0.15, 0.2) is 5.76 Å². The number of furan rings is 1. The van der Waals surface area contributed by atoms with Gasteiger partial charge in [0.25, 0.3) is 5.91 Å². The summed E-state index contributed by atoms with van der Waals surface area (Å²) in [6.45, 7) is 5.43. The first kappa shape index (κ1) is 14.7. The zero-order chi connectivity index (χ0) is 15.9. The number of amides is 1. The largest absolute Gasteiger partial charge is 0.451 e. The summed E-state index contributed by atoms with van der Waals surface area (Å²) < 4.78 is 17.2. The van der Waals surface area contributed by atoms with Gasteiger partial charge in [-0.2, -0.15) is 0 Å². The molecule has 4 rings (SSSR count). The third kappa shape index (κ3) is 2.44. The van der Waals surface area contributed by atoms with Crippen molar-refractivity contribution in [2.45, 2.75) is 18.9 Å². The summed E-state index contributed by atoms with van der Waals surface area (Å²) in [6.07, 6.45) is 1.01. The maximum absolute atomic E-state index is 12.6. The second kappa shape index (κ2) is 5.65. The number of ether oxygens (including phenoxy) is 2. The minimum Gasteiger partial charge on any atom is -0.451 e. The number of hydrogen-bond acceptors (Lipinski definition) is 4. The summed E-state index contributed by atoms with van der Waals surface area (Å²) >= 11 is 0. The Morgan fingerprint density at radius 3 is 3.00 bits per heavy atom. The molecule has 0 saturated carbocycles. The Hall–Kier alpha value is -1.85. The van der Waals surface area contributed by atoms with E-state index in [-0.39, 0.29) is 11.5 Å². The molecule has 2 aliphatic heterocycles. The average Bonchev–Trinajstić information content (AvgIpc) is 3.14. The molecule has 1 atom stereocenters. The number of para-hydroxylation sites is 1. The Kier molecular flexibility index (Phi) is 3.62. The molecule has 5 heteroatoms. The van der Waals surface area contributed by atoms with E-state index in [1.54, 1.807) is 0 Å². The Morgan fingerprint density at radius 1 is 1.39 bits per heavy atom. The van der Waals surface area contributed by atoms with E-state index in [1.807, 2.05) is 42.2 Å². The van der Waals surface area contributed by atoms with Gasteiger partial charge in [-0.3, -0.25) is 4.79 Å². The van der Waals surface area contributed by atoms with Crippen LogP contribution in [0.2, 0.25) is 0 Å². The summed E-state index contributed by atoms with van der Waals surface area (Å²) in [7, 11) is 0. The Bertz CT molecular complexity index is 684. The fourth-order valence-corrected chi connectivity index (χ4v) is 3.62. The molecule has 1 amide bonds. The molecule has 0 aliphatic carbocycles. The van der Waals surface area contributed by atoms with Crippen molar-refractivity contribution in [2.24, 2.45) is 5.92 Å². The second-order valence-electron chi connectivity index (χ2n) is 6.37. The lowest BCUT2D eigenvalue weighted by molar-refractivity contribution is -0.128. The SMILES string of the molecule is CCOC[C@H]1CCOC12CN(C(=O)c1cc3ccccc3o1)C2. The Labute approximate surface area is 135 Å². The van der Waals surface area contributed by atoms with E-state index in [0.717, 1.165) is 24.0 Å². The third-order valence-corrected chi connectivity index (χ3v) is 4.96.